The Hall–Kier alpha value is -0.800. The Bertz CT molecular complexity index is 431. The molecule has 0 saturated heterocycles. The Kier molecular flexibility index (Phi) is 3.80. The van der Waals surface area contributed by atoms with Gasteiger partial charge in [0.25, 0.3) is 0 Å². The lowest BCUT2D eigenvalue weighted by Gasteiger charge is -2.01. The number of hydrogen-bond acceptors (Lipinski definition) is 2. The third-order valence-electron chi connectivity index (χ3n) is 1.91. The first-order valence-corrected chi connectivity index (χ1v) is 6.41. The van der Waals surface area contributed by atoms with Gasteiger partial charge in [-0.2, -0.15) is 0 Å². The normalized spacial score (nSPS) is 10.2. The molecule has 0 spiro atoms. The molecule has 0 amide bonds. The highest BCUT2D eigenvalue weighted by Gasteiger charge is 1.97. The SMILES string of the molecule is Brc1ccnc(CSc2ccccc2)c1. The molecule has 0 aliphatic rings. The van der Waals surface area contributed by atoms with E-state index < -0.39 is 0 Å². The van der Waals surface area contributed by atoms with Crippen LogP contribution < -0.4 is 0 Å². The molecule has 76 valence electrons. The van der Waals surface area contributed by atoms with Gasteiger partial charge in [-0.25, -0.2) is 0 Å². The molecule has 1 aromatic carbocycles. The summed E-state index contributed by atoms with van der Waals surface area (Å²) >= 11 is 5.24. The van der Waals surface area contributed by atoms with Gasteiger partial charge in [0, 0.05) is 21.3 Å². The van der Waals surface area contributed by atoms with Gasteiger partial charge in [0.05, 0.1) is 5.69 Å². The summed E-state index contributed by atoms with van der Waals surface area (Å²) in [7, 11) is 0. The molecular weight excluding hydrogens is 270 g/mol. The van der Waals surface area contributed by atoms with Crippen molar-refractivity contribution in [1.82, 2.24) is 4.98 Å². The zero-order chi connectivity index (χ0) is 10.5. The summed E-state index contributed by atoms with van der Waals surface area (Å²) in [5, 5.41) is 0. The molecule has 0 fully saturated rings. The molecule has 0 radical (unpaired) electrons. The third kappa shape index (κ3) is 3.36. The van der Waals surface area contributed by atoms with Gasteiger partial charge in [-0.1, -0.05) is 34.1 Å². The van der Waals surface area contributed by atoms with Crippen molar-refractivity contribution in [2.24, 2.45) is 0 Å². The summed E-state index contributed by atoms with van der Waals surface area (Å²) in [6.07, 6.45) is 1.82. The van der Waals surface area contributed by atoms with E-state index in [0.29, 0.717) is 0 Å². The monoisotopic (exact) mass is 279 g/mol. The minimum atomic E-state index is 0.906. The minimum Gasteiger partial charge on any atom is -0.260 e. The van der Waals surface area contributed by atoms with E-state index in [1.807, 2.05) is 18.3 Å². The highest BCUT2D eigenvalue weighted by Crippen LogP contribution is 2.22. The summed E-state index contributed by atoms with van der Waals surface area (Å²) in [6.45, 7) is 0. The van der Waals surface area contributed by atoms with Crippen LogP contribution in [0.1, 0.15) is 5.69 Å². The molecule has 0 aliphatic heterocycles. The van der Waals surface area contributed by atoms with Crippen LogP contribution in [0.25, 0.3) is 0 Å². The van der Waals surface area contributed by atoms with Crippen molar-refractivity contribution in [3.8, 4) is 0 Å². The van der Waals surface area contributed by atoms with E-state index in [0.717, 1.165) is 15.9 Å². The van der Waals surface area contributed by atoms with E-state index in [2.05, 4.69) is 51.2 Å². The fourth-order valence-corrected chi connectivity index (χ4v) is 2.41. The van der Waals surface area contributed by atoms with Crippen molar-refractivity contribution in [2.45, 2.75) is 10.6 Å². The van der Waals surface area contributed by atoms with E-state index in [1.165, 1.54) is 4.90 Å². The van der Waals surface area contributed by atoms with E-state index in [1.54, 1.807) is 11.8 Å². The van der Waals surface area contributed by atoms with Gasteiger partial charge in [0.2, 0.25) is 0 Å². The van der Waals surface area contributed by atoms with Crippen molar-refractivity contribution in [3.63, 3.8) is 0 Å². The van der Waals surface area contributed by atoms with Crippen LogP contribution in [0.5, 0.6) is 0 Å². The molecule has 0 aliphatic carbocycles. The molecule has 2 aromatic rings. The molecule has 0 unspecified atom stereocenters. The zero-order valence-electron chi connectivity index (χ0n) is 8.06. The second-order valence-corrected chi connectivity index (χ2v) is 5.03. The number of thioether (sulfide) groups is 1. The van der Waals surface area contributed by atoms with Gasteiger partial charge >= 0.3 is 0 Å². The highest BCUT2D eigenvalue weighted by molar-refractivity contribution is 9.10. The second-order valence-electron chi connectivity index (χ2n) is 3.07. The van der Waals surface area contributed by atoms with Gasteiger partial charge in [0.15, 0.2) is 0 Å². The fourth-order valence-electron chi connectivity index (χ4n) is 1.20. The zero-order valence-corrected chi connectivity index (χ0v) is 10.5. The summed E-state index contributed by atoms with van der Waals surface area (Å²) in [6, 6.07) is 14.4. The number of halogens is 1. The van der Waals surface area contributed by atoms with Crippen molar-refractivity contribution >= 4 is 27.7 Å². The van der Waals surface area contributed by atoms with Crippen LogP contribution in [0.15, 0.2) is 58.0 Å². The second kappa shape index (κ2) is 5.33. The van der Waals surface area contributed by atoms with E-state index in [9.17, 15) is 0 Å². The molecule has 15 heavy (non-hydrogen) atoms. The molecular formula is C12H10BrNS. The summed E-state index contributed by atoms with van der Waals surface area (Å²) in [4.78, 5) is 5.58. The van der Waals surface area contributed by atoms with Crippen LogP contribution in [0, 0.1) is 0 Å². The predicted molar refractivity (Wildman–Crippen MR) is 67.9 cm³/mol. The van der Waals surface area contributed by atoms with Crippen LogP contribution in [-0.4, -0.2) is 4.98 Å². The predicted octanol–water partition coefficient (Wildman–Crippen LogP) is 4.14. The Morgan fingerprint density at radius 2 is 1.93 bits per heavy atom. The van der Waals surface area contributed by atoms with Gasteiger partial charge in [0.1, 0.15) is 0 Å². The first-order chi connectivity index (χ1) is 7.34. The molecule has 0 atom stereocenters. The number of nitrogens with zero attached hydrogens (tertiary/aromatic N) is 1. The molecule has 1 heterocycles. The van der Waals surface area contributed by atoms with Crippen LogP contribution in [0.4, 0.5) is 0 Å². The maximum Gasteiger partial charge on any atom is 0.0517 e. The maximum atomic E-state index is 4.30. The van der Waals surface area contributed by atoms with Crippen molar-refractivity contribution in [1.29, 1.82) is 0 Å². The molecule has 3 heteroatoms. The van der Waals surface area contributed by atoms with E-state index in [-0.39, 0.29) is 0 Å². The Balaban J connectivity index is 1.99. The van der Waals surface area contributed by atoms with Gasteiger partial charge in [-0.3, -0.25) is 4.98 Å². The number of aromatic nitrogens is 1. The Morgan fingerprint density at radius 1 is 1.13 bits per heavy atom. The van der Waals surface area contributed by atoms with Crippen LogP contribution >= 0.6 is 27.7 Å². The van der Waals surface area contributed by atoms with Gasteiger partial charge in [-0.05, 0) is 24.3 Å². The van der Waals surface area contributed by atoms with E-state index in [4.69, 9.17) is 0 Å². The smallest absolute Gasteiger partial charge is 0.0517 e. The molecule has 0 bridgehead atoms. The van der Waals surface area contributed by atoms with Crippen LogP contribution in [0.2, 0.25) is 0 Å². The van der Waals surface area contributed by atoms with Crippen LogP contribution in [0.3, 0.4) is 0 Å². The average molecular weight is 280 g/mol. The summed E-state index contributed by atoms with van der Waals surface area (Å²) in [5.41, 5.74) is 1.10. The quantitative estimate of drug-likeness (QED) is 0.784. The van der Waals surface area contributed by atoms with Crippen LogP contribution in [-0.2, 0) is 5.75 Å². The number of benzene rings is 1. The first kappa shape index (κ1) is 10.7. The highest BCUT2D eigenvalue weighted by atomic mass is 79.9. The standard InChI is InChI=1S/C12H10BrNS/c13-10-6-7-14-11(8-10)9-15-12-4-2-1-3-5-12/h1-8H,9H2. The summed E-state index contributed by atoms with van der Waals surface area (Å²) < 4.78 is 1.08. The lowest BCUT2D eigenvalue weighted by Crippen LogP contribution is -1.85. The Morgan fingerprint density at radius 3 is 2.67 bits per heavy atom. The number of hydrogen-bond donors (Lipinski definition) is 0. The molecule has 0 N–H and O–H groups in total. The summed E-state index contributed by atoms with van der Waals surface area (Å²) in [5.74, 6) is 0.906. The van der Waals surface area contributed by atoms with Gasteiger partial charge in [-0.15, -0.1) is 11.8 Å². The maximum absolute atomic E-state index is 4.30. The minimum absolute atomic E-state index is 0.906. The Labute approximate surface area is 102 Å². The number of pyridine rings is 1. The first-order valence-electron chi connectivity index (χ1n) is 4.63. The topological polar surface area (TPSA) is 12.9 Å². The van der Waals surface area contributed by atoms with Crippen molar-refractivity contribution in [2.75, 3.05) is 0 Å². The number of rotatable bonds is 3. The van der Waals surface area contributed by atoms with E-state index >= 15 is 0 Å². The van der Waals surface area contributed by atoms with Gasteiger partial charge < -0.3 is 0 Å². The fraction of sp³-hybridized carbons (Fsp3) is 0.0833. The lowest BCUT2D eigenvalue weighted by atomic mass is 10.4. The van der Waals surface area contributed by atoms with Crippen molar-refractivity contribution < 1.29 is 0 Å². The largest absolute Gasteiger partial charge is 0.260 e. The molecule has 1 aromatic heterocycles. The third-order valence-corrected chi connectivity index (χ3v) is 3.45. The molecule has 0 saturated carbocycles. The lowest BCUT2D eigenvalue weighted by molar-refractivity contribution is 1.17. The molecule has 1 nitrogen and oxygen atoms in total. The molecule has 2 rings (SSSR count). The average Bonchev–Trinajstić information content (AvgIpc) is 2.28. The van der Waals surface area contributed by atoms with Crippen molar-refractivity contribution in [3.05, 3.63) is 58.8 Å².